The number of aromatic nitrogens is 5. The van der Waals surface area contributed by atoms with Gasteiger partial charge in [0.25, 0.3) is 0 Å². The van der Waals surface area contributed by atoms with Gasteiger partial charge < -0.3 is 19.9 Å². The molecule has 0 amide bonds. The standard InChI is InChI=1S/C20H26N6O3/c1-2-3-8-28-17-7-6-14(11-22-17)10-15-12-23-19-18(21)24-20(25-26(15)19)29-13-16-5-4-9-27-16/h6-7,11-12,16H,2-5,8-10,13H2,1H3,(H2,21,24,25). The quantitative estimate of drug-likeness (QED) is 0.547. The number of fused-ring (bicyclic) bond motifs is 1. The molecule has 154 valence electrons. The molecule has 0 radical (unpaired) electrons. The fourth-order valence-corrected chi connectivity index (χ4v) is 3.18. The minimum absolute atomic E-state index is 0.0851. The van der Waals surface area contributed by atoms with E-state index in [4.69, 9.17) is 19.9 Å². The molecular formula is C20H26N6O3. The maximum Gasteiger partial charge on any atom is 0.336 e. The largest absolute Gasteiger partial charge is 0.478 e. The summed E-state index contributed by atoms with van der Waals surface area (Å²) < 4.78 is 18.6. The zero-order valence-corrected chi connectivity index (χ0v) is 16.6. The average Bonchev–Trinajstić information content (AvgIpc) is 3.39. The van der Waals surface area contributed by atoms with Crippen molar-refractivity contribution < 1.29 is 14.2 Å². The number of hydrogen-bond donors (Lipinski definition) is 1. The Labute approximate surface area is 169 Å². The monoisotopic (exact) mass is 398 g/mol. The van der Waals surface area contributed by atoms with Crippen LogP contribution in [0.5, 0.6) is 11.9 Å². The Bertz CT molecular complexity index is 937. The summed E-state index contributed by atoms with van der Waals surface area (Å²) in [4.78, 5) is 12.9. The summed E-state index contributed by atoms with van der Waals surface area (Å²) >= 11 is 0. The molecule has 1 fully saturated rings. The van der Waals surface area contributed by atoms with Crippen LogP contribution in [-0.4, -0.2) is 50.5 Å². The Kier molecular flexibility index (Phi) is 6.04. The molecule has 3 aromatic rings. The fraction of sp³-hybridized carbons (Fsp3) is 0.500. The van der Waals surface area contributed by atoms with Gasteiger partial charge in [-0.25, -0.2) is 14.5 Å². The Morgan fingerprint density at radius 1 is 1.24 bits per heavy atom. The molecule has 4 rings (SSSR count). The molecule has 0 bridgehead atoms. The lowest BCUT2D eigenvalue weighted by Crippen LogP contribution is -2.18. The number of pyridine rings is 1. The molecule has 1 aliphatic heterocycles. The van der Waals surface area contributed by atoms with E-state index in [1.54, 1.807) is 16.9 Å². The molecule has 0 saturated carbocycles. The Balaban J connectivity index is 1.46. The Hall–Kier alpha value is -2.94. The van der Waals surface area contributed by atoms with Crippen LogP contribution in [0, 0.1) is 0 Å². The third-order valence-corrected chi connectivity index (χ3v) is 4.79. The van der Waals surface area contributed by atoms with Gasteiger partial charge in [-0.05, 0) is 24.8 Å². The molecular weight excluding hydrogens is 372 g/mol. The van der Waals surface area contributed by atoms with Gasteiger partial charge in [0.05, 0.1) is 24.6 Å². The highest BCUT2D eigenvalue weighted by molar-refractivity contribution is 5.59. The van der Waals surface area contributed by atoms with Crippen LogP contribution in [0.25, 0.3) is 5.65 Å². The van der Waals surface area contributed by atoms with E-state index in [1.165, 1.54) is 0 Å². The van der Waals surface area contributed by atoms with E-state index in [1.807, 2.05) is 12.1 Å². The smallest absolute Gasteiger partial charge is 0.336 e. The van der Waals surface area contributed by atoms with Crippen molar-refractivity contribution in [1.29, 1.82) is 0 Å². The molecule has 0 aromatic carbocycles. The molecule has 9 heteroatoms. The molecule has 1 unspecified atom stereocenters. The lowest BCUT2D eigenvalue weighted by atomic mass is 10.2. The fourth-order valence-electron chi connectivity index (χ4n) is 3.18. The maximum atomic E-state index is 6.05. The van der Waals surface area contributed by atoms with Crippen molar-refractivity contribution in [3.8, 4) is 11.9 Å². The molecule has 2 N–H and O–H groups in total. The number of nitrogens with zero attached hydrogens (tertiary/aromatic N) is 5. The van der Waals surface area contributed by atoms with Crippen LogP contribution in [0.4, 0.5) is 5.82 Å². The van der Waals surface area contributed by atoms with Crippen LogP contribution in [0.2, 0.25) is 0 Å². The highest BCUT2D eigenvalue weighted by Crippen LogP contribution is 2.19. The minimum atomic E-state index is 0.0851. The normalized spacial score (nSPS) is 16.4. The van der Waals surface area contributed by atoms with Crippen LogP contribution >= 0.6 is 0 Å². The summed E-state index contributed by atoms with van der Waals surface area (Å²) in [5.41, 5.74) is 8.46. The lowest BCUT2D eigenvalue weighted by Gasteiger charge is -2.11. The van der Waals surface area contributed by atoms with E-state index in [0.717, 1.165) is 43.5 Å². The van der Waals surface area contributed by atoms with Crippen LogP contribution in [-0.2, 0) is 11.2 Å². The van der Waals surface area contributed by atoms with Crippen molar-refractivity contribution in [3.63, 3.8) is 0 Å². The van der Waals surface area contributed by atoms with Crippen molar-refractivity contribution in [3.05, 3.63) is 35.8 Å². The van der Waals surface area contributed by atoms with Crippen molar-refractivity contribution in [1.82, 2.24) is 24.6 Å². The molecule has 0 aliphatic carbocycles. The van der Waals surface area contributed by atoms with Crippen molar-refractivity contribution in [2.75, 3.05) is 25.6 Å². The third kappa shape index (κ3) is 4.73. The second-order valence-electron chi connectivity index (χ2n) is 7.09. The van der Waals surface area contributed by atoms with Gasteiger partial charge in [0.1, 0.15) is 6.61 Å². The SMILES string of the molecule is CCCCOc1ccc(Cc2cnc3c(N)nc(OCC4CCCO4)nn23)cn1. The molecule has 3 aromatic heterocycles. The topological polar surface area (TPSA) is 110 Å². The Morgan fingerprint density at radius 2 is 2.17 bits per heavy atom. The molecule has 9 nitrogen and oxygen atoms in total. The molecule has 4 heterocycles. The van der Waals surface area contributed by atoms with Crippen molar-refractivity contribution >= 4 is 11.5 Å². The van der Waals surface area contributed by atoms with Gasteiger partial charge in [0.2, 0.25) is 5.88 Å². The number of hydrogen-bond acceptors (Lipinski definition) is 8. The van der Waals surface area contributed by atoms with Gasteiger partial charge in [-0.3, -0.25) is 0 Å². The van der Waals surface area contributed by atoms with Crippen molar-refractivity contribution in [2.24, 2.45) is 0 Å². The first-order valence-corrected chi connectivity index (χ1v) is 10.0. The maximum absolute atomic E-state index is 6.05. The van der Waals surface area contributed by atoms with E-state index in [-0.39, 0.29) is 17.9 Å². The van der Waals surface area contributed by atoms with Crippen LogP contribution in [0.15, 0.2) is 24.5 Å². The number of ether oxygens (including phenoxy) is 3. The van der Waals surface area contributed by atoms with Gasteiger partial charge in [-0.1, -0.05) is 19.4 Å². The van der Waals surface area contributed by atoms with Gasteiger partial charge in [-0.15, -0.1) is 5.10 Å². The zero-order chi connectivity index (χ0) is 20.1. The number of unbranched alkanes of at least 4 members (excludes halogenated alkanes) is 1. The number of nitrogen functional groups attached to an aromatic ring is 1. The third-order valence-electron chi connectivity index (χ3n) is 4.79. The zero-order valence-electron chi connectivity index (χ0n) is 16.6. The number of imidazole rings is 1. The number of rotatable bonds is 9. The van der Waals surface area contributed by atoms with Gasteiger partial charge >= 0.3 is 6.01 Å². The second kappa shape index (κ2) is 9.04. The van der Waals surface area contributed by atoms with Crippen LogP contribution in [0.1, 0.15) is 43.9 Å². The van der Waals surface area contributed by atoms with Gasteiger partial charge in [-0.2, -0.15) is 4.98 Å². The van der Waals surface area contributed by atoms with Gasteiger partial charge in [0.15, 0.2) is 11.5 Å². The Morgan fingerprint density at radius 3 is 2.93 bits per heavy atom. The predicted octanol–water partition coefficient (Wildman–Crippen LogP) is 2.43. The highest BCUT2D eigenvalue weighted by Gasteiger charge is 2.18. The molecule has 1 atom stereocenters. The molecule has 1 saturated heterocycles. The summed E-state index contributed by atoms with van der Waals surface area (Å²) in [5, 5.41) is 4.46. The summed E-state index contributed by atoms with van der Waals surface area (Å²) in [6.07, 6.45) is 8.39. The summed E-state index contributed by atoms with van der Waals surface area (Å²) in [5.74, 6) is 0.920. The number of nitrogens with two attached hydrogens (primary N) is 1. The summed E-state index contributed by atoms with van der Waals surface area (Å²) in [7, 11) is 0. The van der Waals surface area contributed by atoms with E-state index >= 15 is 0 Å². The van der Waals surface area contributed by atoms with Crippen LogP contribution < -0.4 is 15.2 Å². The second-order valence-corrected chi connectivity index (χ2v) is 7.09. The van der Waals surface area contributed by atoms with E-state index < -0.39 is 0 Å². The lowest BCUT2D eigenvalue weighted by molar-refractivity contribution is 0.0640. The number of anilines is 1. The van der Waals surface area contributed by atoms with Crippen molar-refractivity contribution in [2.45, 2.75) is 45.1 Å². The van der Waals surface area contributed by atoms with E-state index in [2.05, 4.69) is 27.0 Å². The molecule has 1 aliphatic rings. The van der Waals surface area contributed by atoms with E-state index in [0.29, 0.717) is 31.2 Å². The summed E-state index contributed by atoms with van der Waals surface area (Å²) in [6, 6.07) is 4.10. The first-order valence-electron chi connectivity index (χ1n) is 10.0. The minimum Gasteiger partial charge on any atom is -0.478 e. The average molecular weight is 398 g/mol. The predicted molar refractivity (Wildman–Crippen MR) is 107 cm³/mol. The molecule has 29 heavy (non-hydrogen) atoms. The van der Waals surface area contributed by atoms with Crippen LogP contribution in [0.3, 0.4) is 0 Å². The highest BCUT2D eigenvalue weighted by atomic mass is 16.5. The van der Waals surface area contributed by atoms with E-state index in [9.17, 15) is 0 Å². The first kappa shape index (κ1) is 19.4. The molecule has 0 spiro atoms. The summed E-state index contributed by atoms with van der Waals surface area (Å²) in [6.45, 7) is 4.00. The van der Waals surface area contributed by atoms with Gasteiger partial charge in [0, 0.05) is 25.3 Å². The first-order chi connectivity index (χ1) is 14.2.